The number of hydrogen-bond acceptors (Lipinski definition) is 7. The quantitative estimate of drug-likeness (QED) is 0.528. The molecule has 2 saturated heterocycles. The van der Waals surface area contributed by atoms with E-state index in [-0.39, 0.29) is 16.9 Å². The van der Waals surface area contributed by atoms with Crippen molar-refractivity contribution in [3.63, 3.8) is 0 Å². The second-order valence-electron chi connectivity index (χ2n) is 10.1. The number of amides is 1. The SMILES string of the molecule is COc1cnc2ccc(=O)n(CCN3CCC4(CCCN(c5ccc6c(c5)OCCO6)C4=O)CC3)c2c1. The highest BCUT2D eigenvalue weighted by Gasteiger charge is 2.46. The number of anilines is 1. The monoisotopic (exact) mass is 504 g/mol. The summed E-state index contributed by atoms with van der Waals surface area (Å²) in [6.45, 7) is 4.78. The lowest BCUT2D eigenvalue weighted by Gasteiger charge is -2.46. The molecule has 194 valence electrons. The minimum atomic E-state index is -0.324. The number of likely N-dealkylation sites (tertiary alicyclic amines) is 1. The van der Waals surface area contributed by atoms with E-state index in [1.54, 1.807) is 30.0 Å². The predicted molar refractivity (Wildman–Crippen MR) is 140 cm³/mol. The van der Waals surface area contributed by atoms with E-state index in [1.165, 1.54) is 0 Å². The lowest BCUT2D eigenvalue weighted by Crippen LogP contribution is -2.54. The van der Waals surface area contributed by atoms with Gasteiger partial charge in [-0.2, -0.15) is 0 Å². The number of fused-ring (bicyclic) bond motifs is 2. The van der Waals surface area contributed by atoms with Crippen LogP contribution in [0.5, 0.6) is 17.2 Å². The Labute approximate surface area is 215 Å². The van der Waals surface area contributed by atoms with E-state index in [1.807, 2.05) is 29.2 Å². The van der Waals surface area contributed by atoms with Crippen molar-refractivity contribution >= 4 is 22.6 Å². The fraction of sp³-hybridized carbons (Fsp3) is 0.464. The minimum absolute atomic E-state index is 0.0476. The molecule has 3 aromatic rings. The van der Waals surface area contributed by atoms with E-state index in [4.69, 9.17) is 14.2 Å². The first-order valence-corrected chi connectivity index (χ1v) is 13.0. The van der Waals surface area contributed by atoms with Gasteiger partial charge in [0, 0.05) is 43.5 Å². The number of piperidine rings is 2. The summed E-state index contributed by atoms with van der Waals surface area (Å²) < 4.78 is 18.5. The molecule has 1 aromatic carbocycles. The summed E-state index contributed by atoms with van der Waals surface area (Å²) in [6.07, 6.45) is 5.23. The molecule has 6 rings (SSSR count). The van der Waals surface area contributed by atoms with Crippen LogP contribution >= 0.6 is 0 Å². The van der Waals surface area contributed by atoms with Crippen molar-refractivity contribution in [2.75, 3.05) is 51.4 Å². The first-order valence-electron chi connectivity index (χ1n) is 13.0. The number of hydrogen-bond donors (Lipinski definition) is 0. The van der Waals surface area contributed by atoms with Gasteiger partial charge in [0.15, 0.2) is 11.5 Å². The lowest BCUT2D eigenvalue weighted by atomic mass is 9.71. The van der Waals surface area contributed by atoms with Gasteiger partial charge < -0.3 is 28.6 Å². The van der Waals surface area contributed by atoms with Crippen molar-refractivity contribution in [3.8, 4) is 17.2 Å². The van der Waals surface area contributed by atoms with Crippen LogP contribution in [0.3, 0.4) is 0 Å². The van der Waals surface area contributed by atoms with Crippen molar-refractivity contribution in [1.82, 2.24) is 14.5 Å². The zero-order valence-electron chi connectivity index (χ0n) is 21.1. The Balaban J connectivity index is 1.13. The van der Waals surface area contributed by atoms with E-state index in [9.17, 15) is 9.59 Å². The number of nitrogens with zero attached hydrogens (tertiary/aromatic N) is 4. The third-order valence-corrected chi connectivity index (χ3v) is 8.07. The second kappa shape index (κ2) is 9.70. The summed E-state index contributed by atoms with van der Waals surface area (Å²) in [4.78, 5) is 35.2. The smallest absolute Gasteiger partial charge is 0.251 e. The summed E-state index contributed by atoms with van der Waals surface area (Å²) in [6, 6.07) is 11.0. The van der Waals surface area contributed by atoms with Gasteiger partial charge in [0.1, 0.15) is 19.0 Å². The highest BCUT2D eigenvalue weighted by Crippen LogP contribution is 2.43. The van der Waals surface area contributed by atoms with E-state index in [0.717, 1.165) is 74.3 Å². The third-order valence-electron chi connectivity index (χ3n) is 8.07. The lowest BCUT2D eigenvalue weighted by molar-refractivity contribution is -0.133. The Kier molecular flexibility index (Phi) is 6.24. The predicted octanol–water partition coefficient (Wildman–Crippen LogP) is 3.09. The zero-order chi connectivity index (χ0) is 25.4. The number of carbonyl (C=O) groups is 1. The molecule has 9 heteroatoms. The van der Waals surface area contributed by atoms with Gasteiger partial charge in [0.25, 0.3) is 5.56 Å². The van der Waals surface area contributed by atoms with Gasteiger partial charge in [-0.1, -0.05) is 0 Å². The fourth-order valence-corrected chi connectivity index (χ4v) is 5.92. The van der Waals surface area contributed by atoms with Crippen LogP contribution in [0.1, 0.15) is 25.7 Å². The highest BCUT2D eigenvalue weighted by molar-refractivity contribution is 5.98. The van der Waals surface area contributed by atoms with Gasteiger partial charge >= 0.3 is 0 Å². The standard InChI is InChI=1S/C28H32N4O5/c1-35-21-18-23-22(29-19-21)4-6-26(33)32(23)14-13-30-11-8-28(9-12-30)7-2-10-31(27(28)34)20-3-5-24-25(17-20)37-16-15-36-24/h3-6,17-19H,2,7-16H2,1H3. The van der Waals surface area contributed by atoms with Gasteiger partial charge in [0.2, 0.25) is 5.91 Å². The number of rotatable bonds is 5. The molecule has 1 spiro atoms. The van der Waals surface area contributed by atoms with Crippen LogP contribution in [-0.4, -0.2) is 66.9 Å². The molecule has 5 heterocycles. The Morgan fingerprint density at radius 3 is 2.57 bits per heavy atom. The molecule has 0 N–H and O–H groups in total. The Bertz CT molecular complexity index is 1380. The normalized spacial score (nSPS) is 19.4. The molecule has 9 nitrogen and oxygen atoms in total. The molecule has 0 saturated carbocycles. The average molecular weight is 505 g/mol. The largest absolute Gasteiger partial charge is 0.495 e. The number of carbonyl (C=O) groups excluding carboxylic acids is 1. The maximum atomic E-state index is 13.8. The molecule has 3 aliphatic heterocycles. The van der Waals surface area contributed by atoms with Crippen LogP contribution in [0.2, 0.25) is 0 Å². The summed E-state index contributed by atoms with van der Waals surface area (Å²) >= 11 is 0. The zero-order valence-corrected chi connectivity index (χ0v) is 21.1. The third kappa shape index (κ3) is 4.41. The van der Waals surface area contributed by atoms with Crippen molar-refractivity contribution in [3.05, 3.63) is 52.9 Å². The summed E-state index contributed by atoms with van der Waals surface area (Å²) in [7, 11) is 1.60. The van der Waals surface area contributed by atoms with Crippen molar-refractivity contribution in [2.24, 2.45) is 5.41 Å². The van der Waals surface area contributed by atoms with Gasteiger partial charge in [-0.15, -0.1) is 0 Å². The molecular formula is C28H32N4O5. The van der Waals surface area contributed by atoms with Crippen LogP contribution in [0, 0.1) is 5.41 Å². The van der Waals surface area contributed by atoms with Gasteiger partial charge in [-0.3, -0.25) is 14.6 Å². The van der Waals surface area contributed by atoms with Crippen molar-refractivity contribution in [1.29, 1.82) is 0 Å². The Morgan fingerprint density at radius 2 is 1.76 bits per heavy atom. The summed E-state index contributed by atoms with van der Waals surface area (Å²) in [5.41, 5.74) is 2.06. The summed E-state index contributed by atoms with van der Waals surface area (Å²) in [5.74, 6) is 2.30. The summed E-state index contributed by atoms with van der Waals surface area (Å²) in [5, 5.41) is 0. The maximum Gasteiger partial charge on any atom is 0.251 e. The molecule has 37 heavy (non-hydrogen) atoms. The fourth-order valence-electron chi connectivity index (χ4n) is 5.92. The molecule has 0 radical (unpaired) electrons. The molecule has 2 fully saturated rings. The van der Waals surface area contributed by atoms with Crippen LogP contribution in [0.4, 0.5) is 5.69 Å². The minimum Gasteiger partial charge on any atom is -0.495 e. The maximum absolute atomic E-state index is 13.8. The average Bonchev–Trinajstić information content (AvgIpc) is 2.94. The molecule has 2 aromatic heterocycles. The van der Waals surface area contributed by atoms with Crippen LogP contribution in [-0.2, 0) is 11.3 Å². The molecule has 1 amide bonds. The first kappa shape index (κ1) is 23.8. The van der Waals surface area contributed by atoms with Crippen LogP contribution in [0.15, 0.2) is 47.4 Å². The van der Waals surface area contributed by atoms with Gasteiger partial charge in [0.05, 0.1) is 29.8 Å². The van der Waals surface area contributed by atoms with Crippen LogP contribution in [0.25, 0.3) is 11.0 Å². The van der Waals surface area contributed by atoms with Gasteiger partial charge in [-0.05, 0) is 57.0 Å². The second-order valence-corrected chi connectivity index (χ2v) is 10.1. The highest BCUT2D eigenvalue weighted by atomic mass is 16.6. The van der Waals surface area contributed by atoms with E-state index in [0.29, 0.717) is 31.3 Å². The van der Waals surface area contributed by atoms with E-state index < -0.39 is 0 Å². The molecule has 0 atom stereocenters. The van der Waals surface area contributed by atoms with E-state index >= 15 is 0 Å². The molecule has 0 unspecified atom stereocenters. The van der Waals surface area contributed by atoms with Crippen molar-refractivity contribution in [2.45, 2.75) is 32.2 Å². The number of benzene rings is 1. The molecule has 3 aliphatic rings. The Morgan fingerprint density at radius 1 is 0.946 bits per heavy atom. The van der Waals surface area contributed by atoms with E-state index in [2.05, 4.69) is 9.88 Å². The van der Waals surface area contributed by atoms with Crippen LogP contribution < -0.4 is 24.7 Å². The number of aromatic nitrogens is 2. The molecular weight excluding hydrogens is 472 g/mol. The topological polar surface area (TPSA) is 86.1 Å². The number of pyridine rings is 2. The molecule has 0 bridgehead atoms. The number of methoxy groups -OCH3 is 1. The van der Waals surface area contributed by atoms with Crippen molar-refractivity contribution < 1.29 is 19.0 Å². The molecule has 0 aliphatic carbocycles. The number of ether oxygens (including phenoxy) is 3. The first-order chi connectivity index (χ1) is 18.1. The van der Waals surface area contributed by atoms with Gasteiger partial charge in [-0.25, -0.2) is 0 Å². The Hall–Kier alpha value is -3.59.